The minimum absolute atomic E-state index is 0.00738. The first-order valence-electron chi connectivity index (χ1n) is 7.14. The normalized spacial score (nSPS) is 12.1. The van der Waals surface area contributed by atoms with Gasteiger partial charge in [0.2, 0.25) is 0 Å². The van der Waals surface area contributed by atoms with E-state index in [2.05, 4.69) is 19.2 Å². The summed E-state index contributed by atoms with van der Waals surface area (Å²) in [5, 5.41) is 11.6. The summed E-state index contributed by atoms with van der Waals surface area (Å²) in [5.41, 5.74) is 1.12. The fourth-order valence-corrected chi connectivity index (χ4v) is 2.30. The fourth-order valence-electron chi connectivity index (χ4n) is 2.30. The third-order valence-electron chi connectivity index (χ3n) is 3.59. The molecular formula is C17H19NO4. The van der Waals surface area contributed by atoms with Crippen molar-refractivity contribution in [2.45, 2.75) is 19.8 Å². The molecule has 0 aliphatic carbocycles. The van der Waals surface area contributed by atoms with E-state index < -0.39 is 11.9 Å². The van der Waals surface area contributed by atoms with Gasteiger partial charge in [-0.25, -0.2) is 4.79 Å². The number of amides is 1. The highest BCUT2D eigenvalue weighted by atomic mass is 16.4. The smallest absolute Gasteiger partial charge is 0.338 e. The Morgan fingerprint density at radius 1 is 1.23 bits per heavy atom. The lowest BCUT2D eigenvalue weighted by atomic mass is 9.88. The third-order valence-corrected chi connectivity index (χ3v) is 3.59. The molecule has 1 atom stereocenters. The van der Waals surface area contributed by atoms with Crippen LogP contribution in [0.4, 0.5) is 0 Å². The van der Waals surface area contributed by atoms with Crippen molar-refractivity contribution in [3.8, 4) is 0 Å². The fraction of sp³-hybridized carbons (Fsp3) is 0.294. The van der Waals surface area contributed by atoms with Crippen molar-refractivity contribution in [2.24, 2.45) is 5.92 Å². The summed E-state index contributed by atoms with van der Waals surface area (Å²) in [6.07, 6.45) is 1.06. The highest BCUT2D eigenvalue weighted by Crippen LogP contribution is 2.23. The Hall–Kier alpha value is -2.56. The number of aromatic carboxylic acids is 1. The number of hydrogen-bond acceptors (Lipinski definition) is 3. The lowest BCUT2D eigenvalue weighted by Gasteiger charge is -2.21. The Balaban J connectivity index is 2.03. The lowest BCUT2D eigenvalue weighted by molar-refractivity contribution is 0.0695. The van der Waals surface area contributed by atoms with Crippen LogP contribution in [0.3, 0.4) is 0 Å². The largest absolute Gasteiger partial charge is 0.478 e. The molecule has 1 amide bonds. The van der Waals surface area contributed by atoms with Crippen molar-refractivity contribution in [3.63, 3.8) is 0 Å². The van der Waals surface area contributed by atoms with Crippen molar-refractivity contribution >= 4 is 11.9 Å². The summed E-state index contributed by atoms with van der Waals surface area (Å²) in [7, 11) is 0. The first kappa shape index (κ1) is 15.8. The minimum atomic E-state index is -1.12. The molecule has 0 aliphatic rings. The molecule has 22 heavy (non-hydrogen) atoms. The zero-order valence-electron chi connectivity index (χ0n) is 12.6. The van der Waals surface area contributed by atoms with E-state index in [0.717, 1.165) is 11.8 Å². The van der Waals surface area contributed by atoms with Gasteiger partial charge in [0.05, 0.1) is 5.56 Å². The molecule has 0 saturated heterocycles. The van der Waals surface area contributed by atoms with E-state index in [-0.39, 0.29) is 17.2 Å². The first-order chi connectivity index (χ1) is 10.5. The van der Waals surface area contributed by atoms with Crippen LogP contribution in [0, 0.1) is 5.92 Å². The standard InChI is InChI=1S/C17H19NO4/c1-11(2)14(12-6-4-3-5-7-12)9-18-16(19)15-8-13(10-22-15)17(20)21/h3-8,10-11,14H,9H2,1-2H3,(H,18,19)(H,20,21). The summed E-state index contributed by atoms with van der Waals surface area (Å²) in [4.78, 5) is 22.8. The Labute approximate surface area is 129 Å². The van der Waals surface area contributed by atoms with Crippen molar-refractivity contribution in [1.29, 1.82) is 0 Å². The van der Waals surface area contributed by atoms with E-state index in [1.165, 1.54) is 6.07 Å². The Kier molecular flexibility index (Phi) is 4.99. The van der Waals surface area contributed by atoms with E-state index in [9.17, 15) is 9.59 Å². The van der Waals surface area contributed by atoms with Gasteiger partial charge in [-0.15, -0.1) is 0 Å². The first-order valence-corrected chi connectivity index (χ1v) is 7.14. The summed E-state index contributed by atoms with van der Waals surface area (Å²) >= 11 is 0. The van der Waals surface area contributed by atoms with Crippen molar-refractivity contribution in [2.75, 3.05) is 6.54 Å². The second-order valence-electron chi connectivity index (χ2n) is 5.48. The van der Waals surface area contributed by atoms with Crippen LogP contribution in [-0.2, 0) is 0 Å². The second-order valence-corrected chi connectivity index (χ2v) is 5.48. The summed E-state index contributed by atoms with van der Waals surface area (Å²) < 4.78 is 4.99. The maximum Gasteiger partial charge on any atom is 0.338 e. The summed E-state index contributed by atoms with van der Waals surface area (Å²) in [6.45, 7) is 4.65. The molecule has 0 bridgehead atoms. The molecule has 0 aliphatic heterocycles. The molecule has 1 heterocycles. The van der Waals surface area contributed by atoms with Crippen LogP contribution in [-0.4, -0.2) is 23.5 Å². The van der Waals surface area contributed by atoms with Gasteiger partial charge in [-0.05, 0) is 11.5 Å². The maximum atomic E-state index is 12.0. The molecular weight excluding hydrogens is 282 g/mol. The van der Waals surface area contributed by atoms with Crippen LogP contribution >= 0.6 is 0 Å². The van der Waals surface area contributed by atoms with E-state index in [1.807, 2.05) is 30.3 Å². The van der Waals surface area contributed by atoms with Crippen LogP contribution < -0.4 is 5.32 Å². The average molecular weight is 301 g/mol. The summed E-state index contributed by atoms with van der Waals surface area (Å²) in [5.74, 6) is -0.984. The quantitative estimate of drug-likeness (QED) is 0.859. The van der Waals surface area contributed by atoms with Gasteiger partial charge in [0.1, 0.15) is 6.26 Å². The van der Waals surface area contributed by atoms with Crippen molar-refractivity contribution < 1.29 is 19.1 Å². The maximum absolute atomic E-state index is 12.0. The van der Waals surface area contributed by atoms with Gasteiger partial charge in [0, 0.05) is 18.5 Å². The highest BCUT2D eigenvalue weighted by Gasteiger charge is 2.19. The Bertz CT molecular complexity index is 646. The molecule has 5 nitrogen and oxygen atoms in total. The molecule has 0 saturated carbocycles. The van der Waals surface area contributed by atoms with Gasteiger partial charge in [-0.3, -0.25) is 4.79 Å². The number of benzene rings is 1. The van der Waals surface area contributed by atoms with E-state index in [0.29, 0.717) is 12.5 Å². The molecule has 0 fully saturated rings. The van der Waals surface area contributed by atoms with Crippen LogP contribution in [0.25, 0.3) is 0 Å². The molecule has 116 valence electrons. The molecule has 2 rings (SSSR count). The zero-order valence-corrected chi connectivity index (χ0v) is 12.6. The van der Waals surface area contributed by atoms with E-state index in [1.54, 1.807) is 0 Å². The van der Waals surface area contributed by atoms with Gasteiger partial charge < -0.3 is 14.8 Å². The van der Waals surface area contributed by atoms with Crippen LogP contribution in [0.15, 0.2) is 47.1 Å². The van der Waals surface area contributed by atoms with Crippen LogP contribution in [0.1, 0.15) is 46.2 Å². The predicted octanol–water partition coefficient (Wildman–Crippen LogP) is 3.15. The number of carbonyl (C=O) groups excluding carboxylic acids is 1. The molecule has 2 aromatic rings. The molecule has 5 heteroatoms. The van der Waals surface area contributed by atoms with E-state index in [4.69, 9.17) is 9.52 Å². The number of nitrogens with one attached hydrogen (secondary N) is 1. The molecule has 1 aromatic heterocycles. The molecule has 1 unspecified atom stereocenters. The predicted molar refractivity (Wildman–Crippen MR) is 82.0 cm³/mol. The van der Waals surface area contributed by atoms with Gasteiger partial charge in [0.15, 0.2) is 5.76 Å². The topological polar surface area (TPSA) is 79.5 Å². The molecule has 0 radical (unpaired) electrons. The number of carboxylic acids is 1. The highest BCUT2D eigenvalue weighted by molar-refractivity contribution is 5.95. The molecule has 2 N–H and O–H groups in total. The van der Waals surface area contributed by atoms with E-state index >= 15 is 0 Å². The number of hydrogen-bond donors (Lipinski definition) is 2. The third kappa shape index (κ3) is 3.75. The Morgan fingerprint density at radius 2 is 1.91 bits per heavy atom. The number of rotatable bonds is 6. The van der Waals surface area contributed by atoms with Crippen LogP contribution in [0.5, 0.6) is 0 Å². The number of carboxylic acid groups (broad SMARTS) is 1. The Morgan fingerprint density at radius 3 is 2.45 bits per heavy atom. The van der Waals surface area contributed by atoms with Gasteiger partial charge in [0.25, 0.3) is 5.91 Å². The van der Waals surface area contributed by atoms with Crippen LogP contribution in [0.2, 0.25) is 0 Å². The monoisotopic (exact) mass is 301 g/mol. The van der Waals surface area contributed by atoms with Crippen molar-refractivity contribution in [1.82, 2.24) is 5.32 Å². The second kappa shape index (κ2) is 6.93. The summed E-state index contributed by atoms with van der Waals surface area (Å²) in [6, 6.07) is 11.2. The molecule has 0 spiro atoms. The van der Waals surface area contributed by atoms with Gasteiger partial charge >= 0.3 is 5.97 Å². The average Bonchev–Trinajstić information content (AvgIpc) is 2.98. The number of carbonyl (C=O) groups is 2. The SMILES string of the molecule is CC(C)C(CNC(=O)c1cc(C(=O)O)co1)c1ccccc1. The minimum Gasteiger partial charge on any atom is -0.478 e. The van der Waals surface area contributed by atoms with Gasteiger partial charge in [-0.1, -0.05) is 44.2 Å². The number of furan rings is 1. The lowest BCUT2D eigenvalue weighted by Crippen LogP contribution is -2.30. The zero-order chi connectivity index (χ0) is 16.1. The van der Waals surface area contributed by atoms with Gasteiger partial charge in [-0.2, -0.15) is 0 Å². The molecule has 1 aromatic carbocycles. The van der Waals surface area contributed by atoms with Crippen molar-refractivity contribution in [3.05, 3.63) is 59.5 Å².